The molecule has 0 bridgehead atoms. The van der Waals surface area contributed by atoms with Gasteiger partial charge in [-0.3, -0.25) is 29.8 Å². The standard InChI is InChI=1S/C21H19N3O5S.C17H18N2O6.C6H7BrOS.C6H5BrOS/c1-12(25)17-6-5-15(30-17)7-8-21(19(27)22-20(28)23-21)11-24-10-13-3-4-14(29-2)9-16(13)18(24)26;1-5-17(15(21)24-3,18-16(22)25-4)10-19-9-11-6-7-12(23-2)8-13(11)14(19)20;2*1-4(8)5-2-3-6(7)9-5/h3-6,9,12,25H,10-11H2,1-2H3,(H2,22,23,27,28);1,6-8H,9-10H2,2-4H3,(H,18,22);2-4,8H,1H3;2-3H,1H3/t12?,21-;17-;;/m11../s1. The van der Waals surface area contributed by atoms with E-state index >= 15 is 0 Å². The quantitative estimate of drug-likeness (QED) is 0.0380. The lowest BCUT2D eigenvalue weighted by molar-refractivity contribution is -0.146. The number of aliphatic hydroxyl groups is 2. The van der Waals surface area contributed by atoms with Crippen LogP contribution in [0.5, 0.6) is 11.5 Å². The highest BCUT2D eigenvalue weighted by atomic mass is 79.9. The normalized spacial score (nSPS) is 16.5. The third-order valence-electron chi connectivity index (χ3n) is 10.8. The zero-order valence-corrected chi connectivity index (χ0v) is 45.9. The number of ketones is 1. The first kappa shape index (κ1) is 57.3. The maximum atomic E-state index is 12.9. The van der Waals surface area contributed by atoms with Crippen LogP contribution in [0.4, 0.5) is 9.59 Å². The first-order chi connectivity index (χ1) is 34.6. The van der Waals surface area contributed by atoms with E-state index in [-0.39, 0.29) is 43.3 Å². The summed E-state index contributed by atoms with van der Waals surface area (Å²) in [6.45, 7) is 5.16. The summed E-state index contributed by atoms with van der Waals surface area (Å²) in [5.74, 6) is 7.16. The molecule has 18 nitrogen and oxygen atoms in total. The predicted molar refractivity (Wildman–Crippen MR) is 281 cm³/mol. The van der Waals surface area contributed by atoms with E-state index in [4.69, 9.17) is 25.7 Å². The summed E-state index contributed by atoms with van der Waals surface area (Å²) in [6, 6.07) is 20.7. The van der Waals surface area contributed by atoms with Crippen molar-refractivity contribution < 1.29 is 62.7 Å². The van der Waals surface area contributed by atoms with E-state index in [0.29, 0.717) is 34.0 Å². The summed E-state index contributed by atoms with van der Waals surface area (Å²) in [6.07, 6.45) is 3.62. The number of rotatable bonds is 11. The molecule has 2 aromatic carbocycles. The van der Waals surface area contributed by atoms with Crippen LogP contribution in [-0.4, -0.2) is 114 Å². The molecule has 384 valence electrons. The number of carbonyl (C=O) groups excluding carboxylic acids is 7. The minimum absolute atomic E-state index is 0.0952. The number of fused-ring (bicyclic) bond motifs is 2. The zero-order chi connectivity index (χ0) is 53.8. The number of halogens is 2. The fourth-order valence-corrected chi connectivity index (χ4v) is 10.5. The summed E-state index contributed by atoms with van der Waals surface area (Å²) < 4.78 is 21.6. The van der Waals surface area contributed by atoms with Crippen LogP contribution in [0.2, 0.25) is 0 Å². The molecule has 3 aliphatic rings. The number of aliphatic hydroxyl groups excluding tert-OH is 2. The number of benzene rings is 2. The van der Waals surface area contributed by atoms with E-state index in [9.17, 15) is 38.7 Å². The van der Waals surface area contributed by atoms with Gasteiger partial charge in [0.1, 0.15) is 11.5 Å². The number of nitrogens with one attached hydrogen (secondary N) is 3. The number of thiophene rings is 3. The number of hydrogen-bond acceptors (Lipinski definition) is 16. The van der Waals surface area contributed by atoms with Crippen LogP contribution in [0.15, 0.2) is 80.4 Å². The van der Waals surface area contributed by atoms with Crippen LogP contribution >= 0.6 is 65.9 Å². The van der Waals surface area contributed by atoms with Crippen molar-refractivity contribution in [3.63, 3.8) is 0 Å². The fraction of sp³-hybridized carbons (Fsp3) is 0.300. The van der Waals surface area contributed by atoms with E-state index in [1.165, 1.54) is 46.7 Å². The van der Waals surface area contributed by atoms with Gasteiger partial charge < -0.3 is 44.3 Å². The van der Waals surface area contributed by atoms with Gasteiger partial charge in [-0.25, -0.2) is 14.4 Å². The van der Waals surface area contributed by atoms with E-state index in [1.807, 2.05) is 24.3 Å². The smallest absolute Gasteiger partial charge is 0.408 e. The van der Waals surface area contributed by atoms with Crippen LogP contribution in [0.3, 0.4) is 0 Å². The van der Waals surface area contributed by atoms with Gasteiger partial charge in [-0.2, -0.15) is 0 Å². The Hall–Kier alpha value is -6.57. The third-order valence-corrected chi connectivity index (χ3v) is 15.5. The van der Waals surface area contributed by atoms with Gasteiger partial charge in [0.25, 0.3) is 17.7 Å². The maximum absolute atomic E-state index is 12.9. The van der Waals surface area contributed by atoms with Crippen molar-refractivity contribution in [3.8, 4) is 35.7 Å². The molecule has 6 amide bonds. The average molecular weight is 1180 g/mol. The number of alkyl carbamates (subject to hydrolysis) is 1. The van der Waals surface area contributed by atoms with E-state index < -0.39 is 41.2 Å². The zero-order valence-electron chi connectivity index (χ0n) is 40.2. The van der Waals surface area contributed by atoms with Gasteiger partial charge in [0, 0.05) is 34.0 Å². The maximum Gasteiger partial charge on any atom is 0.408 e. The number of urea groups is 1. The van der Waals surface area contributed by atoms with Crippen LogP contribution in [-0.2, 0) is 32.2 Å². The molecular weight excluding hydrogens is 1130 g/mol. The van der Waals surface area contributed by atoms with Gasteiger partial charge in [0.2, 0.25) is 11.1 Å². The van der Waals surface area contributed by atoms with Gasteiger partial charge >= 0.3 is 18.1 Å². The minimum Gasteiger partial charge on any atom is -0.497 e. The number of hydrogen-bond donors (Lipinski definition) is 5. The molecule has 1 fully saturated rings. The lowest BCUT2D eigenvalue weighted by Crippen LogP contribution is -2.60. The van der Waals surface area contributed by atoms with Crippen molar-refractivity contribution in [1.82, 2.24) is 25.8 Å². The Morgan fingerprint density at radius 2 is 1.34 bits per heavy atom. The van der Waals surface area contributed by atoms with Crippen LogP contribution in [0.1, 0.15) is 89.1 Å². The van der Waals surface area contributed by atoms with Crippen LogP contribution in [0, 0.1) is 24.2 Å². The Kier molecular flexibility index (Phi) is 19.9. The Morgan fingerprint density at radius 1 is 0.795 bits per heavy atom. The number of ether oxygens (including phenoxy) is 4. The third kappa shape index (κ3) is 14.4. The van der Waals surface area contributed by atoms with Gasteiger partial charge in [0.05, 0.1) is 71.1 Å². The molecule has 3 aliphatic heterocycles. The molecule has 23 heteroatoms. The summed E-state index contributed by atoms with van der Waals surface area (Å²) >= 11 is 10.9. The van der Waals surface area contributed by atoms with Gasteiger partial charge in [-0.15, -0.1) is 40.4 Å². The minimum atomic E-state index is -1.86. The lowest BCUT2D eigenvalue weighted by atomic mass is 9.99. The van der Waals surface area contributed by atoms with Crippen molar-refractivity contribution in [2.24, 2.45) is 0 Å². The van der Waals surface area contributed by atoms with Crippen LogP contribution in [0.25, 0.3) is 0 Å². The number of nitrogens with zero attached hydrogens (tertiary/aromatic N) is 2. The fourth-order valence-electron chi connectivity index (χ4n) is 7.06. The molecule has 5 aromatic rings. The SMILES string of the molecule is C#C[C@](CN1Cc2ccc(OC)cc2C1=O)(NC(=O)OC)C(=O)OC.CC(=O)c1ccc(Br)s1.CC(O)c1ccc(Br)s1.COc1ccc2c(c1)C(=O)N(C[C@@]1(C#Cc3ccc(C(C)O)s3)NC(=O)NC1=O)C2. The molecule has 8 rings (SSSR count). The number of carbonyl (C=O) groups is 7. The number of imide groups is 1. The monoisotopic (exact) mass is 1180 g/mol. The summed E-state index contributed by atoms with van der Waals surface area (Å²) in [7, 11) is 5.30. The number of methoxy groups -OCH3 is 4. The molecule has 0 saturated carbocycles. The van der Waals surface area contributed by atoms with Gasteiger partial charge in [-0.1, -0.05) is 29.9 Å². The van der Waals surface area contributed by atoms with Crippen molar-refractivity contribution in [2.45, 2.75) is 57.1 Å². The Balaban J connectivity index is 0.000000204. The predicted octanol–water partition coefficient (Wildman–Crippen LogP) is 7.22. The Morgan fingerprint density at radius 3 is 1.77 bits per heavy atom. The topological polar surface area (TPSA) is 239 Å². The number of terminal acetylenes is 1. The molecule has 1 saturated heterocycles. The summed E-state index contributed by atoms with van der Waals surface area (Å²) in [5.41, 5.74) is -0.888. The number of esters is 1. The van der Waals surface area contributed by atoms with E-state index in [1.54, 1.807) is 80.6 Å². The Labute approximate surface area is 449 Å². The first-order valence-electron chi connectivity index (χ1n) is 21.6. The van der Waals surface area contributed by atoms with Crippen molar-refractivity contribution in [2.75, 3.05) is 41.5 Å². The molecule has 0 radical (unpaired) electrons. The second kappa shape index (κ2) is 25.4. The molecule has 0 spiro atoms. The molecule has 0 aliphatic carbocycles. The summed E-state index contributed by atoms with van der Waals surface area (Å²) in [5, 5.41) is 25.8. The Bertz CT molecular complexity index is 3010. The molecule has 6 heterocycles. The largest absolute Gasteiger partial charge is 0.497 e. The molecule has 73 heavy (non-hydrogen) atoms. The summed E-state index contributed by atoms with van der Waals surface area (Å²) in [4.78, 5) is 90.5. The molecule has 4 atom stereocenters. The highest BCUT2D eigenvalue weighted by Gasteiger charge is 2.49. The molecular formula is C50H49Br2N5O13S3. The van der Waals surface area contributed by atoms with Crippen molar-refractivity contribution >= 4 is 107 Å². The van der Waals surface area contributed by atoms with Gasteiger partial charge in [-0.05, 0) is 124 Å². The molecule has 5 N–H and O–H groups in total. The second-order valence-electron chi connectivity index (χ2n) is 15.9. The number of amides is 6. The number of Topliss-reactive ketones (excluding diaryl/α,β-unsaturated/α-hetero) is 1. The highest BCUT2D eigenvalue weighted by molar-refractivity contribution is 9.11. The molecule has 2 unspecified atom stereocenters. The first-order valence-corrected chi connectivity index (χ1v) is 25.6. The van der Waals surface area contributed by atoms with E-state index in [0.717, 1.165) is 47.6 Å². The van der Waals surface area contributed by atoms with Crippen molar-refractivity contribution in [1.29, 1.82) is 0 Å². The lowest BCUT2D eigenvalue weighted by Gasteiger charge is -2.30. The average Bonchev–Trinajstić information content (AvgIpc) is 4.25. The van der Waals surface area contributed by atoms with Crippen molar-refractivity contribution in [3.05, 3.63) is 122 Å². The molecule has 3 aromatic heterocycles. The van der Waals surface area contributed by atoms with E-state index in [2.05, 4.69) is 70.3 Å². The highest BCUT2D eigenvalue weighted by Crippen LogP contribution is 2.31. The van der Waals surface area contributed by atoms with Crippen LogP contribution < -0.4 is 25.4 Å². The second-order valence-corrected chi connectivity index (χ2v) is 22.0. The van der Waals surface area contributed by atoms with Gasteiger partial charge in [0.15, 0.2) is 5.78 Å².